The number of hydrogen-bond donors (Lipinski definition) is 3. The van der Waals surface area contributed by atoms with Gasteiger partial charge in [-0.15, -0.1) is 24.5 Å². The fourth-order valence-electron chi connectivity index (χ4n) is 2.00. The van der Waals surface area contributed by atoms with E-state index in [1.165, 1.54) is 0 Å². The SMILES string of the molecule is NCC(=O)Cc1ccc(S(=O)(=O)Nc2scnc2C(=O)O)cc1OC(F)(F)F. The van der Waals surface area contributed by atoms with Crippen LogP contribution in [-0.4, -0.2) is 43.2 Å². The number of ketones is 1. The molecule has 1 heterocycles. The van der Waals surface area contributed by atoms with Crippen molar-refractivity contribution in [2.75, 3.05) is 11.3 Å². The van der Waals surface area contributed by atoms with Crippen LogP contribution in [0.5, 0.6) is 5.75 Å². The van der Waals surface area contributed by atoms with E-state index in [9.17, 15) is 31.2 Å². The molecule has 0 fully saturated rings. The van der Waals surface area contributed by atoms with Gasteiger partial charge in [-0.05, 0) is 6.07 Å². The summed E-state index contributed by atoms with van der Waals surface area (Å²) in [5.41, 5.74) is 5.45. The van der Waals surface area contributed by atoms with Gasteiger partial charge in [0, 0.05) is 18.1 Å². The normalized spacial score (nSPS) is 11.9. The molecule has 2 aromatic rings. The zero-order valence-corrected chi connectivity index (χ0v) is 15.3. The van der Waals surface area contributed by atoms with Gasteiger partial charge >= 0.3 is 12.3 Å². The number of nitrogens with one attached hydrogen (secondary N) is 1. The number of sulfonamides is 1. The highest BCUT2D eigenvalue weighted by atomic mass is 32.2. The number of alkyl halides is 3. The monoisotopic (exact) mass is 439 g/mol. The van der Waals surface area contributed by atoms with E-state index < -0.39 is 57.4 Å². The van der Waals surface area contributed by atoms with Gasteiger partial charge in [0.15, 0.2) is 11.5 Å². The Balaban J connectivity index is 2.43. The second kappa shape index (κ2) is 8.12. The Bertz CT molecular complexity index is 1000. The molecule has 0 aliphatic heterocycles. The van der Waals surface area contributed by atoms with E-state index in [0.29, 0.717) is 17.4 Å². The van der Waals surface area contributed by atoms with Gasteiger partial charge in [-0.25, -0.2) is 18.2 Å². The molecule has 0 amide bonds. The predicted molar refractivity (Wildman–Crippen MR) is 90.8 cm³/mol. The molecule has 1 aromatic carbocycles. The highest BCUT2D eigenvalue weighted by Crippen LogP contribution is 2.31. The van der Waals surface area contributed by atoms with Crippen molar-refractivity contribution in [3.05, 3.63) is 35.0 Å². The average molecular weight is 439 g/mol. The Hall–Kier alpha value is -2.71. The van der Waals surface area contributed by atoms with E-state index >= 15 is 0 Å². The van der Waals surface area contributed by atoms with E-state index in [2.05, 4.69) is 9.72 Å². The summed E-state index contributed by atoms with van der Waals surface area (Å²) in [6.07, 6.45) is -5.63. The van der Waals surface area contributed by atoms with Crippen LogP contribution in [0.15, 0.2) is 28.6 Å². The Morgan fingerprint density at radius 2 is 2.00 bits per heavy atom. The summed E-state index contributed by atoms with van der Waals surface area (Å²) in [5.74, 6) is -2.97. The Morgan fingerprint density at radius 1 is 1.32 bits per heavy atom. The molecular weight excluding hydrogens is 427 g/mol. The summed E-state index contributed by atoms with van der Waals surface area (Å²) >= 11 is 0.676. The maximum atomic E-state index is 12.6. The van der Waals surface area contributed by atoms with Gasteiger partial charge < -0.3 is 15.6 Å². The van der Waals surface area contributed by atoms with Crippen molar-refractivity contribution in [2.45, 2.75) is 17.7 Å². The Labute approximate surface area is 160 Å². The summed E-state index contributed by atoms with van der Waals surface area (Å²) in [5, 5.41) is 8.63. The minimum absolute atomic E-state index is 0.212. The zero-order valence-electron chi connectivity index (χ0n) is 13.7. The molecule has 0 radical (unpaired) electrons. The largest absolute Gasteiger partial charge is 0.573 e. The van der Waals surface area contributed by atoms with Crippen molar-refractivity contribution in [3.63, 3.8) is 0 Å². The number of halogens is 3. The van der Waals surface area contributed by atoms with Crippen LogP contribution >= 0.6 is 11.3 Å². The summed E-state index contributed by atoms with van der Waals surface area (Å²) in [6.45, 7) is -0.420. The van der Waals surface area contributed by atoms with Crippen LogP contribution in [0.25, 0.3) is 0 Å². The smallest absolute Gasteiger partial charge is 0.476 e. The number of benzene rings is 1. The van der Waals surface area contributed by atoms with Gasteiger partial charge in [0.1, 0.15) is 10.8 Å². The number of ether oxygens (including phenoxy) is 1. The second-order valence-electron chi connectivity index (χ2n) is 5.18. The summed E-state index contributed by atoms with van der Waals surface area (Å²) < 4.78 is 68.6. The number of hydrogen-bond acceptors (Lipinski definition) is 8. The van der Waals surface area contributed by atoms with Gasteiger partial charge in [-0.1, -0.05) is 6.07 Å². The number of thiazole rings is 1. The molecule has 4 N–H and O–H groups in total. The lowest BCUT2D eigenvalue weighted by molar-refractivity contribution is -0.275. The Morgan fingerprint density at radius 3 is 2.57 bits per heavy atom. The summed E-state index contributed by atoms with van der Waals surface area (Å²) in [7, 11) is -4.47. The van der Waals surface area contributed by atoms with Crippen molar-refractivity contribution in [3.8, 4) is 5.75 Å². The van der Waals surface area contributed by atoms with Gasteiger partial charge in [-0.3, -0.25) is 9.52 Å². The van der Waals surface area contributed by atoms with Crippen molar-refractivity contribution in [2.24, 2.45) is 5.73 Å². The molecular formula is C14H12F3N3O6S2. The third-order valence-electron chi connectivity index (χ3n) is 3.19. The molecule has 0 unspecified atom stereocenters. The molecule has 0 atom stereocenters. The highest BCUT2D eigenvalue weighted by Gasteiger charge is 2.33. The van der Waals surface area contributed by atoms with Crippen LogP contribution in [0.3, 0.4) is 0 Å². The topological polar surface area (TPSA) is 149 Å². The summed E-state index contributed by atoms with van der Waals surface area (Å²) in [4.78, 5) is 25.3. The van der Waals surface area contributed by atoms with Gasteiger partial charge in [0.25, 0.3) is 10.0 Å². The molecule has 0 saturated carbocycles. The zero-order chi connectivity index (χ0) is 21.1. The van der Waals surface area contributed by atoms with Crippen LogP contribution in [0.2, 0.25) is 0 Å². The molecule has 0 bridgehead atoms. The molecule has 0 aliphatic rings. The molecule has 0 aliphatic carbocycles. The molecule has 9 nitrogen and oxygen atoms in total. The van der Waals surface area contributed by atoms with Crippen LogP contribution in [0, 0.1) is 0 Å². The number of Topliss-reactive ketones (excluding diaryl/α,β-unsaturated/α-hetero) is 1. The van der Waals surface area contributed by atoms with Crippen molar-refractivity contribution >= 4 is 38.1 Å². The first-order valence-corrected chi connectivity index (χ1v) is 9.59. The third kappa shape index (κ3) is 5.40. The second-order valence-corrected chi connectivity index (χ2v) is 7.71. The first-order chi connectivity index (χ1) is 12.9. The van der Waals surface area contributed by atoms with Crippen molar-refractivity contribution in [1.82, 2.24) is 4.98 Å². The first kappa shape index (κ1) is 21.6. The lowest BCUT2D eigenvalue weighted by atomic mass is 10.1. The van der Waals surface area contributed by atoms with Gasteiger partial charge in [-0.2, -0.15) is 0 Å². The predicted octanol–water partition coefficient (Wildman–Crippen LogP) is 1.61. The molecule has 28 heavy (non-hydrogen) atoms. The Kier molecular flexibility index (Phi) is 6.26. The number of rotatable bonds is 8. The van der Waals surface area contributed by atoms with Crippen LogP contribution in [0.1, 0.15) is 16.1 Å². The van der Waals surface area contributed by atoms with Crippen molar-refractivity contribution in [1.29, 1.82) is 0 Å². The number of aromatic carboxylic acids is 1. The number of nitrogens with zero attached hydrogens (tertiary/aromatic N) is 1. The minimum atomic E-state index is -5.13. The van der Waals surface area contributed by atoms with Crippen LogP contribution < -0.4 is 15.2 Å². The molecule has 1 aromatic heterocycles. The molecule has 2 rings (SSSR count). The van der Waals surface area contributed by atoms with Gasteiger partial charge in [0.2, 0.25) is 0 Å². The van der Waals surface area contributed by atoms with Crippen LogP contribution in [-0.2, 0) is 21.2 Å². The standard InChI is InChI=1S/C14H12F3N3O6S2/c15-14(16,17)26-10-4-9(2-1-7(10)3-8(21)5-18)28(24,25)20-12-11(13(22)23)19-6-27-12/h1-2,4,6,20H,3,5,18H2,(H,22,23). The average Bonchev–Trinajstić information content (AvgIpc) is 3.02. The molecule has 0 spiro atoms. The van der Waals surface area contributed by atoms with Crippen molar-refractivity contribution < 1.29 is 41.0 Å². The number of aromatic nitrogens is 1. The minimum Gasteiger partial charge on any atom is -0.476 e. The lowest BCUT2D eigenvalue weighted by Gasteiger charge is -2.15. The number of carboxylic acid groups (broad SMARTS) is 1. The maximum Gasteiger partial charge on any atom is 0.573 e. The maximum absolute atomic E-state index is 12.6. The third-order valence-corrected chi connectivity index (χ3v) is 5.41. The highest BCUT2D eigenvalue weighted by molar-refractivity contribution is 7.93. The molecule has 14 heteroatoms. The van der Waals surface area contributed by atoms with Crippen LogP contribution in [0.4, 0.5) is 18.2 Å². The fourth-order valence-corrected chi connectivity index (χ4v) is 4.01. The van der Waals surface area contributed by atoms with Gasteiger partial charge in [0.05, 0.1) is 17.0 Å². The quantitative estimate of drug-likeness (QED) is 0.562. The molecule has 0 saturated heterocycles. The number of carbonyl (C=O) groups excluding carboxylic acids is 1. The van der Waals surface area contributed by atoms with E-state index in [0.717, 1.165) is 17.6 Å². The van der Waals surface area contributed by atoms with E-state index in [4.69, 9.17) is 10.8 Å². The van der Waals surface area contributed by atoms with E-state index in [1.807, 2.05) is 4.72 Å². The summed E-state index contributed by atoms with van der Waals surface area (Å²) in [6, 6.07) is 2.51. The van der Waals surface area contributed by atoms with E-state index in [-0.39, 0.29) is 10.6 Å². The fraction of sp³-hybridized carbons (Fsp3) is 0.214. The number of anilines is 1. The molecule has 152 valence electrons. The number of nitrogens with two attached hydrogens (primary N) is 1. The lowest BCUT2D eigenvalue weighted by Crippen LogP contribution is -2.21. The van der Waals surface area contributed by atoms with E-state index in [1.54, 1.807) is 0 Å². The number of carboxylic acids is 1. The first-order valence-electron chi connectivity index (χ1n) is 7.23. The number of carbonyl (C=O) groups is 2.